The van der Waals surface area contributed by atoms with Crippen molar-refractivity contribution in [3.8, 4) is 11.5 Å². The molecule has 0 unspecified atom stereocenters. The Morgan fingerprint density at radius 3 is 2.58 bits per heavy atom. The highest BCUT2D eigenvalue weighted by Gasteiger charge is 2.09. The van der Waals surface area contributed by atoms with Crippen LogP contribution in [0.3, 0.4) is 0 Å². The fourth-order valence-electron chi connectivity index (χ4n) is 2.39. The lowest BCUT2D eigenvalue weighted by molar-refractivity contribution is -0.127. The van der Waals surface area contributed by atoms with Crippen molar-refractivity contribution in [2.24, 2.45) is 0 Å². The molecule has 2 rings (SSSR count). The number of ether oxygens (including phenoxy) is 2. The molecule has 0 aliphatic rings. The van der Waals surface area contributed by atoms with E-state index >= 15 is 0 Å². The lowest BCUT2D eigenvalue weighted by Crippen LogP contribution is -2.42. The Hall–Kier alpha value is -3.29. The van der Waals surface area contributed by atoms with Gasteiger partial charge < -0.3 is 9.47 Å². The van der Waals surface area contributed by atoms with Gasteiger partial charge in [0.15, 0.2) is 11.5 Å². The number of aryl methyl sites for hydroxylation is 2. The average Bonchev–Trinajstić information content (AvgIpc) is 2.94. The molecule has 26 heavy (non-hydrogen) atoms. The van der Waals surface area contributed by atoms with Crippen LogP contribution in [-0.2, 0) is 16.1 Å². The molecule has 0 atom stereocenters. The lowest BCUT2D eigenvalue weighted by atomic mass is 10.1. The van der Waals surface area contributed by atoms with Crippen LogP contribution >= 0.6 is 0 Å². The Labute approximate surface area is 151 Å². The van der Waals surface area contributed by atoms with Crippen molar-refractivity contribution in [3.63, 3.8) is 0 Å². The zero-order chi connectivity index (χ0) is 19.1. The molecule has 2 amide bonds. The molecule has 0 spiro atoms. The molecule has 0 saturated carbocycles. The van der Waals surface area contributed by atoms with E-state index in [-0.39, 0.29) is 12.5 Å². The summed E-state index contributed by atoms with van der Waals surface area (Å²) in [6.07, 6.45) is 2.87. The molecule has 1 heterocycles. The third kappa shape index (κ3) is 4.85. The number of nitrogens with one attached hydrogen (secondary N) is 2. The van der Waals surface area contributed by atoms with Gasteiger partial charge >= 0.3 is 0 Å². The summed E-state index contributed by atoms with van der Waals surface area (Å²) in [7, 11) is 3.06. The van der Waals surface area contributed by atoms with E-state index in [1.165, 1.54) is 20.3 Å². The van der Waals surface area contributed by atoms with E-state index in [1.807, 2.05) is 19.9 Å². The number of rotatable bonds is 6. The van der Waals surface area contributed by atoms with E-state index in [0.717, 1.165) is 11.4 Å². The molecule has 0 aliphatic carbocycles. The third-order valence-electron chi connectivity index (χ3n) is 3.57. The number of hydrogen-bond acceptors (Lipinski definition) is 5. The lowest BCUT2D eigenvalue weighted by Gasteiger charge is -2.10. The standard InChI is InChI=1S/C18H22N4O4/c1-12-10-13(2)22(21-12)11-17(24)20-19-16(23)9-8-14-6-5-7-15(25-3)18(14)26-4/h5-10H,11H2,1-4H3,(H,19,23)(H,20,24)/b9-8+. The maximum Gasteiger partial charge on any atom is 0.262 e. The third-order valence-corrected chi connectivity index (χ3v) is 3.57. The van der Waals surface area contributed by atoms with Gasteiger partial charge in [0.05, 0.1) is 19.9 Å². The predicted molar refractivity (Wildman–Crippen MR) is 96.6 cm³/mol. The second kappa shape index (κ2) is 8.70. The van der Waals surface area contributed by atoms with E-state index in [4.69, 9.17) is 9.47 Å². The van der Waals surface area contributed by atoms with Gasteiger partial charge in [-0.3, -0.25) is 25.1 Å². The van der Waals surface area contributed by atoms with Crippen LogP contribution in [0.25, 0.3) is 6.08 Å². The first-order chi connectivity index (χ1) is 12.4. The quantitative estimate of drug-likeness (QED) is 0.601. The van der Waals surface area contributed by atoms with E-state index in [2.05, 4.69) is 16.0 Å². The molecule has 0 aliphatic heterocycles. The Kier molecular flexibility index (Phi) is 6.37. The minimum absolute atomic E-state index is 0.0212. The summed E-state index contributed by atoms with van der Waals surface area (Å²) in [4.78, 5) is 23.8. The molecule has 2 N–H and O–H groups in total. The van der Waals surface area contributed by atoms with Crippen LogP contribution in [0.1, 0.15) is 17.0 Å². The van der Waals surface area contributed by atoms with Gasteiger partial charge in [0, 0.05) is 17.3 Å². The van der Waals surface area contributed by atoms with Crippen molar-refractivity contribution in [2.45, 2.75) is 20.4 Å². The molecular formula is C18H22N4O4. The zero-order valence-electron chi connectivity index (χ0n) is 15.2. The monoisotopic (exact) mass is 358 g/mol. The molecule has 2 aromatic rings. The number of para-hydroxylation sites is 1. The van der Waals surface area contributed by atoms with Crippen molar-refractivity contribution in [1.29, 1.82) is 0 Å². The summed E-state index contributed by atoms with van der Waals surface area (Å²) in [6.45, 7) is 3.73. The van der Waals surface area contributed by atoms with Gasteiger partial charge in [0.1, 0.15) is 6.54 Å². The Morgan fingerprint density at radius 2 is 1.96 bits per heavy atom. The number of hydrogen-bond donors (Lipinski definition) is 2. The number of amides is 2. The number of methoxy groups -OCH3 is 2. The summed E-state index contributed by atoms with van der Waals surface area (Å²) in [5, 5.41) is 4.19. The normalized spacial score (nSPS) is 10.6. The number of hydrazine groups is 1. The number of carbonyl (C=O) groups is 2. The summed E-state index contributed by atoms with van der Waals surface area (Å²) in [5.41, 5.74) is 7.05. The second-order valence-electron chi connectivity index (χ2n) is 5.54. The Bertz CT molecular complexity index is 827. The molecule has 0 fully saturated rings. The van der Waals surface area contributed by atoms with Crippen LogP contribution in [0.4, 0.5) is 0 Å². The first kappa shape index (κ1) is 19.0. The van der Waals surface area contributed by atoms with Crippen LogP contribution in [0, 0.1) is 13.8 Å². The van der Waals surface area contributed by atoms with Crippen molar-refractivity contribution in [2.75, 3.05) is 14.2 Å². The van der Waals surface area contributed by atoms with Gasteiger partial charge in [-0.25, -0.2) is 0 Å². The Balaban J connectivity index is 1.91. The number of nitrogens with zero attached hydrogens (tertiary/aromatic N) is 2. The second-order valence-corrected chi connectivity index (χ2v) is 5.54. The SMILES string of the molecule is COc1cccc(/C=C/C(=O)NNC(=O)Cn2nc(C)cc2C)c1OC. The van der Waals surface area contributed by atoms with E-state index < -0.39 is 5.91 Å². The molecule has 138 valence electrons. The summed E-state index contributed by atoms with van der Waals surface area (Å²) in [6, 6.07) is 7.20. The Morgan fingerprint density at radius 1 is 1.19 bits per heavy atom. The number of benzene rings is 1. The fourth-order valence-corrected chi connectivity index (χ4v) is 2.39. The van der Waals surface area contributed by atoms with E-state index in [9.17, 15) is 9.59 Å². The molecule has 1 aromatic heterocycles. The van der Waals surface area contributed by atoms with Crippen LogP contribution in [-0.4, -0.2) is 35.8 Å². The largest absolute Gasteiger partial charge is 0.493 e. The summed E-state index contributed by atoms with van der Waals surface area (Å²) >= 11 is 0. The topological polar surface area (TPSA) is 94.5 Å². The van der Waals surface area contributed by atoms with Gasteiger partial charge in [-0.2, -0.15) is 5.10 Å². The van der Waals surface area contributed by atoms with Gasteiger partial charge in [0.2, 0.25) is 0 Å². The highest BCUT2D eigenvalue weighted by molar-refractivity contribution is 5.93. The van der Waals surface area contributed by atoms with Gasteiger partial charge in [-0.05, 0) is 32.1 Å². The summed E-state index contributed by atoms with van der Waals surface area (Å²) < 4.78 is 12.1. The van der Waals surface area contributed by atoms with Gasteiger partial charge in [-0.15, -0.1) is 0 Å². The maximum absolute atomic E-state index is 11.9. The molecule has 0 bridgehead atoms. The molecule has 0 radical (unpaired) electrons. The number of aromatic nitrogens is 2. The van der Waals surface area contributed by atoms with Crippen LogP contribution < -0.4 is 20.3 Å². The molecule has 0 saturated heterocycles. The van der Waals surface area contributed by atoms with E-state index in [0.29, 0.717) is 17.1 Å². The van der Waals surface area contributed by atoms with Gasteiger partial charge in [-0.1, -0.05) is 12.1 Å². The van der Waals surface area contributed by atoms with Crippen molar-refractivity contribution < 1.29 is 19.1 Å². The molecule has 8 nitrogen and oxygen atoms in total. The van der Waals surface area contributed by atoms with Crippen molar-refractivity contribution in [3.05, 3.63) is 47.3 Å². The van der Waals surface area contributed by atoms with Crippen LogP contribution in [0.2, 0.25) is 0 Å². The predicted octanol–water partition coefficient (Wildman–Crippen LogP) is 1.38. The average molecular weight is 358 g/mol. The van der Waals surface area contributed by atoms with Crippen LogP contribution in [0.5, 0.6) is 11.5 Å². The zero-order valence-corrected chi connectivity index (χ0v) is 15.2. The first-order valence-corrected chi connectivity index (χ1v) is 7.93. The first-order valence-electron chi connectivity index (χ1n) is 7.93. The highest BCUT2D eigenvalue weighted by Crippen LogP contribution is 2.31. The molecule has 8 heteroatoms. The van der Waals surface area contributed by atoms with Crippen molar-refractivity contribution in [1.82, 2.24) is 20.6 Å². The highest BCUT2D eigenvalue weighted by atomic mass is 16.5. The van der Waals surface area contributed by atoms with Crippen LogP contribution in [0.15, 0.2) is 30.3 Å². The minimum atomic E-state index is -0.475. The van der Waals surface area contributed by atoms with E-state index in [1.54, 1.807) is 29.0 Å². The minimum Gasteiger partial charge on any atom is -0.493 e. The molecule has 1 aromatic carbocycles. The van der Waals surface area contributed by atoms with Gasteiger partial charge in [0.25, 0.3) is 11.8 Å². The fraction of sp³-hybridized carbons (Fsp3) is 0.278. The van der Waals surface area contributed by atoms with Crippen molar-refractivity contribution >= 4 is 17.9 Å². The summed E-state index contributed by atoms with van der Waals surface area (Å²) in [5.74, 6) is 0.231. The maximum atomic E-state index is 11.9. The smallest absolute Gasteiger partial charge is 0.262 e. The molecular weight excluding hydrogens is 336 g/mol. The number of carbonyl (C=O) groups excluding carboxylic acids is 2.